The minimum atomic E-state index is 0. The molecule has 24 heavy (non-hydrogen) atoms. The number of aryl methyl sites for hydroxylation is 1. The number of H-pyrrole nitrogens is 1. The van der Waals surface area contributed by atoms with Crippen LogP contribution in [0.25, 0.3) is 10.9 Å². The number of aromatic nitrogens is 1. The molecule has 1 saturated heterocycles. The van der Waals surface area contributed by atoms with Crippen LogP contribution < -0.4 is 5.73 Å². The minimum absolute atomic E-state index is 0. The van der Waals surface area contributed by atoms with E-state index in [1.807, 2.05) is 11.1 Å². The number of benzene rings is 1. The Morgan fingerprint density at radius 2 is 2.12 bits per heavy atom. The third-order valence-corrected chi connectivity index (χ3v) is 5.88. The number of likely N-dealkylation sites (tertiary alicyclic amines) is 1. The van der Waals surface area contributed by atoms with Crippen molar-refractivity contribution in [1.29, 1.82) is 0 Å². The van der Waals surface area contributed by atoms with E-state index in [0.29, 0.717) is 18.3 Å². The molecule has 0 radical (unpaired) electrons. The topological polar surface area (TPSA) is 62.1 Å². The lowest BCUT2D eigenvalue weighted by atomic mass is 9.98. The van der Waals surface area contributed by atoms with Crippen LogP contribution in [0.1, 0.15) is 30.9 Å². The molecule has 1 aliphatic carbocycles. The second kappa shape index (κ2) is 6.77. The molecule has 1 aromatic heterocycles. The van der Waals surface area contributed by atoms with Crippen molar-refractivity contribution in [3.63, 3.8) is 0 Å². The zero-order valence-electron chi connectivity index (χ0n) is 14.1. The molecular weight excluding hydrogens is 322 g/mol. The number of para-hydroxylation sites is 1. The van der Waals surface area contributed by atoms with Crippen LogP contribution in [0.2, 0.25) is 0 Å². The van der Waals surface area contributed by atoms with Crippen LogP contribution in [0.15, 0.2) is 24.4 Å². The van der Waals surface area contributed by atoms with E-state index in [9.17, 15) is 4.79 Å². The molecule has 3 N–H and O–H groups in total. The first-order chi connectivity index (χ1) is 11.2. The van der Waals surface area contributed by atoms with Gasteiger partial charge in [-0.3, -0.25) is 4.79 Å². The van der Waals surface area contributed by atoms with Gasteiger partial charge >= 0.3 is 0 Å². The van der Waals surface area contributed by atoms with Crippen molar-refractivity contribution in [3.8, 4) is 0 Å². The molecule has 1 aromatic carbocycles. The van der Waals surface area contributed by atoms with Crippen molar-refractivity contribution in [2.45, 2.75) is 38.6 Å². The van der Waals surface area contributed by atoms with Gasteiger partial charge in [0.1, 0.15) is 0 Å². The van der Waals surface area contributed by atoms with Gasteiger partial charge < -0.3 is 15.6 Å². The number of hydrogen-bond acceptors (Lipinski definition) is 2. The lowest BCUT2D eigenvalue weighted by molar-refractivity contribution is -0.129. The summed E-state index contributed by atoms with van der Waals surface area (Å²) in [7, 11) is 0. The molecule has 2 fully saturated rings. The van der Waals surface area contributed by atoms with Crippen LogP contribution in [-0.2, 0) is 17.6 Å². The highest BCUT2D eigenvalue weighted by atomic mass is 35.5. The Bertz CT molecular complexity index is 741. The van der Waals surface area contributed by atoms with Crippen LogP contribution >= 0.6 is 12.4 Å². The smallest absolute Gasteiger partial charge is 0.227 e. The summed E-state index contributed by atoms with van der Waals surface area (Å²) in [4.78, 5) is 18.1. The lowest BCUT2D eigenvalue weighted by Crippen LogP contribution is -2.34. The number of amides is 1. The van der Waals surface area contributed by atoms with Gasteiger partial charge in [-0.05, 0) is 42.2 Å². The predicted molar refractivity (Wildman–Crippen MR) is 99.4 cm³/mol. The molecule has 1 amide bonds. The minimum Gasteiger partial charge on any atom is -0.361 e. The number of carbonyl (C=O) groups excluding carboxylic acids is 1. The molecule has 130 valence electrons. The van der Waals surface area contributed by atoms with Crippen LogP contribution in [0.5, 0.6) is 0 Å². The van der Waals surface area contributed by atoms with Crippen molar-refractivity contribution in [3.05, 3.63) is 35.5 Å². The first-order valence-electron chi connectivity index (χ1n) is 8.78. The van der Waals surface area contributed by atoms with E-state index < -0.39 is 0 Å². The third-order valence-electron chi connectivity index (χ3n) is 5.88. The predicted octanol–water partition coefficient (Wildman–Crippen LogP) is 2.89. The number of rotatable bonds is 3. The lowest BCUT2D eigenvalue weighted by Gasteiger charge is -2.18. The summed E-state index contributed by atoms with van der Waals surface area (Å²) >= 11 is 0. The van der Waals surface area contributed by atoms with Crippen molar-refractivity contribution >= 4 is 29.2 Å². The molecule has 2 aliphatic rings. The molecule has 2 aromatic rings. The van der Waals surface area contributed by atoms with Crippen LogP contribution in [0, 0.1) is 11.8 Å². The maximum Gasteiger partial charge on any atom is 0.227 e. The molecule has 1 saturated carbocycles. The average molecular weight is 348 g/mol. The van der Waals surface area contributed by atoms with Gasteiger partial charge in [0.15, 0.2) is 0 Å². The summed E-state index contributed by atoms with van der Waals surface area (Å²) in [5.74, 6) is 1.40. The fraction of sp³-hybridized carbons (Fsp3) is 0.526. The number of hydrogen-bond donors (Lipinski definition) is 2. The number of halogens is 1. The van der Waals surface area contributed by atoms with E-state index in [-0.39, 0.29) is 24.4 Å². The maximum absolute atomic E-state index is 12.7. The second-order valence-electron chi connectivity index (χ2n) is 7.15. The van der Waals surface area contributed by atoms with Crippen LogP contribution in [-0.4, -0.2) is 34.9 Å². The number of nitrogens with zero attached hydrogens (tertiary/aromatic N) is 1. The van der Waals surface area contributed by atoms with Gasteiger partial charge in [-0.2, -0.15) is 0 Å². The Balaban J connectivity index is 0.00000169. The largest absolute Gasteiger partial charge is 0.361 e. The average Bonchev–Trinajstić information content (AvgIpc) is 3.24. The zero-order valence-corrected chi connectivity index (χ0v) is 14.9. The van der Waals surface area contributed by atoms with Crippen molar-refractivity contribution in [2.75, 3.05) is 13.1 Å². The number of nitrogens with one attached hydrogen (secondary N) is 1. The summed E-state index contributed by atoms with van der Waals surface area (Å²) in [5.41, 5.74) is 9.78. The highest BCUT2D eigenvalue weighted by molar-refractivity contribution is 5.90. The Kier molecular flexibility index (Phi) is 4.88. The highest BCUT2D eigenvalue weighted by Gasteiger charge is 2.42. The van der Waals surface area contributed by atoms with Gasteiger partial charge in [0, 0.05) is 36.2 Å². The number of nitrogens with two attached hydrogens (primary N) is 1. The Hall–Kier alpha value is -1.52. The van der Waals surface area contributed by atoms with Crippen LogP contribution in [0.3, 0.4) is 0 Å². The Morgan fingerprint density at radius 3 is 2.88 bits per heavy atom. The molecule has 5 heteroatoms. The monoisotopic (exact) mass is 347 g/mol. The first kappa shape index (κ1) is 17.3. The summed E-state index contributed by atoms with van der Waals surface area (Å²) in [6.07, 6.45) is 5.80. The van der Waals surface area contributed by atoms with Gasteiger partial charge in [0.25, 0.3) is 0 Å². The van der Waals surface area contributed by atoms with E-state index in [4.69, 9.17) is 5.73 Å². The standard InChI is InChI=1S/C19H25N3O.ClH/c1-2-12-4-3-5-15-14(9-21-19(12)15)8-18(23)22-10-13-6-7-17(20)16(13)11-22;/h3-5,9,13,16-17,21H,2,6-8,10-11,20H2,1H3;1H. The van der Waals surface area contributed by atoms with Gasteiger partial charge in [0.2, 0.25) is 5.91 Å². The first-order valence-corrected chi connectivity index (χ1v) is 8.78. The third kappa shape index (κ3) is 2.82. The summed E-state index contributed by atoms with van der Waals surface area (Å²) in [6, 6.07) is 6.64. The molecule has 1 aliphatic heterocycles. The van der Waals surface area contributed by atoms with Gasteiger partial charge in [-0.15, -0.1) is 12.4 Å². The summed E-state index contributed by atoms with van der Waals surface area (Å²) in [5, 5.41) is 1.19. The van der Waals surface area contributed by atoms with Crippen LogP contribution in [0.4, 0.5) is 0 Å². The summed E-state index contributed by atoms with van der Waals surface area (Å²) in [6.45, 7) is 3.92. The maximum atomic E-state index is 12.7. The molecule has 4 rings (SSSR count). The Morgan fingerprint density at radius 1 is 1.29 bits per heavy atom. The van der Waals surface area contributed by atoms with Gasteiger partial charge in [0.05, 0.1) is 6.42 Å². The quantitative estimate of drug-likeness (QED) is 0.896. The van der Waals surface area contributed by atoms with Crippen molar-refractivity contribution in [1.82, 2.24) is 9.88 Å². The van der Waals surface area contributed by atoms with E-state index in [0.717, 1.165) is 31.5 Å². The van der Waals surface area contributed by atoms with Gasteiger partial charge in [-0.25, -0.2) is 0 Å². The molecule has 3 unspecified atom stereocenters. The molecule has 4 nitrogen and oxygen atoms in total. The van der Waals surface area contributed by atoms with Gasteiger partial charge in [-0.1, -0.05) is 25.1 Å². The number of carbonyl (C=O) groups is 1. The SMILES string of the molecule is CCc1cccc2c(CC(=O)N3CC4CCC(N)C4C3)c[nH]c12.Cl. The van der Waals surface area contributed by atoms with E-state index in [2.05, 4.69) is 30.1 Å². The Labute approximate surface area is 149 Å². The van der Waals surface area contributed by atoms with Crippen molar-refractivity contribution in [2.24, 2.45) is 17.6 Å². The molecule has 3 atom stereocenters. The van der Waals surface area contributed by atoms with E-state index in [1.54, 1.807) is 0 Å². The number of aromatic amines is 1. The molecule has 0 bridgehead atoms. The van der Waals surface area contributed by atoms with E-state index >= 15 is 0 Å². The molecule has 2 heterocycles. The number of fused-ring (bicyclic) bond motifs is 2. The molecular formula is C19H26ClN3O. The fourth-order valence-electron chi connectivity index (χ4n) is 4.50. The zero-order chi connectivity index (χ0) is 16.0. The molecule has 0 spiro atoms. The van der Waals surface area contributed by atoms with E-state index in [1.165, 1.54) is 22.9 Å². The summed E-state index contributed by atoms with van der Waals surface area (Å²) < 4.78 is 0. The van der Waals surface area contributed by atoms with Crippen molar-refractivity contribution < 1.29 is 4.79 Å². The fourth-order valence-corrected chi connectivity index (χ4v) is 4.50. The highest BCUT2D eigenvalue weighted by Crippen LogP contribution is 2.37. The second-order valence-corrected chi connectivity index (χ2v) is 7.15. The normalized spacial score (nSPS) is 25.8.